The predicted molar refractivity (Wildman–Crippen MR) is 77.0 cm³/mol. The van der Waals surface area contributed by atoms with Crippen LogP contribution in [0.3, 0.4) is 0 Å². The highest BCUT2D eigenvalue weighted by molar-refractivity contribution is 7.84. The van der Waals surface area contributed by atoms with Crippen LogP contribution in [0.25, 0.3) is 0 Å². The van der Waals surface area contributed by atoms with Crippen molar-refractivity contribution in [2.24, 2.45) is 0 Å². The van der Waals surface area contributed by atoms with E-state index in [0.717, 1.165) is 5.56 Å². The fourth-order valence-corrected chi connectivity index (χ4v) is 2.97. The number of amides is 1. The van der Waals surface area contributed by atoms with Gasteiger partial charge in [0.15, 0.2) is 0 Å². The van der Waals surface area contributed by atoms with Gasteiger partial charge >= 0.3 is 0 Å². The van der Waals surface area contributed by atoms with Crippen molar-refractivity contribution in [3.8, 4) is 0 Å². The van der Waals surface area contributed by atoms with E-state index in [0.29, 0.717) is 18.1 Å². The highest BCUT2D eigenvalue weighted by Gasteiger charge is 2.36. The molecule has 1 saturated heterocycles. The molecule has 1 aliphatic rings. The molecule has 1 aromatic carbocycles. The topological polar surface area (TPSA) is 49.4 Å². The van der Waals surface area contributed by atoms with E-state index in [-0.39, 0.29) is 23.9 Å². The lowest BCUT2D eigenvalue weighted by atomic mass is 10.1. The Hall–Kier alpha value is -1.27. The van der Waals surface area contributed by atoms with Crippen molar-refractivity contribution in [2.45, 2.75) is 26.1 Å². The van der Waals surface area contributed by atoms with Crippen LogP contribution >= 0.6 is 0 Å². The maximum absolute atomic E-state index is 13.0. The zero-order valence-electron chi connectivity index (χ0n) is 11.6. The molecule has 1 N–H and O–H groups in total. The van der Waals surface area contributed by atoms with E-state index in [9.17, 15) is 13.4 Å². The molecule has 3 unspecified atom stereocenters. The first-order valence-corrected chi connectivity index (χ1v) is 8.18. The zero-order chi connectivity index (χ0) is 14.7. The number of benzene rings is 1. The second-order valence-corrected chi connectivity index (χ2v) is 6.67. The molecule has 0 spiro atoms. The maximum atomic E-state index is 13.0. The van der Waals surface area contributed by atoms with Crippen molar-refractivity contribution in [2.75, 3.05) is 18.1 Å². The van der Waals surface area contributed by atoms with Gasteiger partial charge in [-0.2, -0.15) is 0 Å². The van der Waals surface area contributed by atoms with Gasteiger partial charge in [-0.15, -0.1) is 0 Å². The molecule has 1 aromatic rings. The van der Waals surface area contributed by atoms with Crippen LogP contribution in [0.2, 0.25) is 0 Å². The first-order chi connectivity index (χ1) is 9.52. The van der Waals surface area contributed by atoms with Crippen molar-refractivity contribution >= 4 is 16.7 Å². The normalized spacial score (nSPS) is 24.1. The molecular weight excluding hydrogens is 279 g/mol. The van der Waals surface area contributed by atoms with Gasteiger partial charge in [0, 0.05) is 28.9 Å². The summed E-state index contributed by atoms with van der Waals surface area (Å²) in [5.74, 6) is 0.748. The standard InChI is InChI=1S/C14H19FN2O2S/c1-3-20(19)9-8-17-13(16-10(2)14(17)18)11-4-6-12(15)7-5-11/h4-7,10,13,16H,3,8-9H2,1-2H3. The highest BCUT2D eigenvalue weighted by Crippen LogP contribution is 2.25. The molecule has 2 rings (SSSR count). The Labute approximate surface area is 120 Å². The lowest BCUT2D eigenvalue weighted by Gasteiger charge is -2.24. The quantitative estimate of drug-likeness (QED) is 0.894. The minimum absolute atomic E-state index is 0.00701. The first kappa shape index (κ1) is 15.1. The van der Waals surface area contributed by atoms with Crippen LogP contribution in [0.4, 0.5) is 4.39 Å². The summed E-state index contributed by atoms with van der Waals surface area (Å²) in [4.78, 5) is 13.8. The molecule has 1 heterocycles. The third-order valence-corrected chi connectivity index (χ3v) is 4.72. The fraction of sp³-hybridized carbons (Fsp3) is 0.500. The first-order valence-electron chi connectivity index (χ1n) is 6.70. The Balaban J connectivity index is 2.15. The van der Waals surface area contributed by atoms with Gasteiger partial charge in [-0.1, -0.05) is 19.1 Å². The van der Waals surface area contributed by atoms with E-state index in [1.165, 1.54) is 12.1 Å². The van der Waals surface area contributed by atoms with E-state index < -0.39 is 10.8 Å². The van der Waals surface area contributed by atoms with Crippen LogP contribution in [0.5, 0.6) is 0 Å². The van der Waals surface area contributed by atoms with E-state index in [1.807, 2.05) is 6.92 Å². The molecule has 6 heteroatoms. The van der Waals surface area contributed by atoms with Crippen LogP contribution in [-0.4, -0.2) is 39.1 Å². The van der Waals surface area contributed by atoms with Crippen LogP contribution in [-0.2, 0) is 15.6 Å². The summed E-state index contributed by atoms with van der Waals surface area (Å²) in [7, 11) is -0.906. The summed E-state index contributed by atoms with van der Waals surface area (Å²) in [6, 6.07) is 5.82. The zero-order valence-corrected chi connectivity index (χ0v) is 12.5. The number of nitrogens with zero attached hydrogens (tertiary/aromatic N) is 1. The van der Waals surface area contributed by atoms with Crippen molar-refractivity contribution in [1.82, 2.24) is 10.2 Å². The molecule has 1 fully saturated rings. The minimum atomic E-state index is -0.906. The van der Waals surface area contributed by atoms with Gasteiger partial charge < -0.3 is 4.90 Å². The predicted octanol–water partition coefficient (Wildman–Crippen LogP) is 1.41. The number of hydrogen-bond donors (Lipinski definition) is 1. The Bertz CT molecular complexity index is 506. The van der Waals surface area contributed by atoms with Gasteiger partial charge in [0.25, 0.3) is 0 Å². The molecule has 0 bridgehead atoms. The minimum Gasteiger partial charge on any atom is -0.321 e. The number of carbonyl (C=O) groups is 1. The highest BCUT2D eigenvalue weighted by atomic mass is 32.2. The number of rotatable bonds is 5. The third-order valence-electron chi connectivity index (χ3n) is 3.44. The molecular formula is C14H19FN2O2S. The SMILES string of the molecule is CCS(=O)CCN1C(=O)C(C)NC1c1ccc(F)cc1. The molecule has 0 aromatic heterocycles. The summed E-state index contributed by atoms with van der Waals surface area (Å²) >= 11 is 0. The molecule has 3 atom stereocenters. The van der Waals surface area contributed by atoms with Gasteiger partial charge in [0.1, 0.15) is 12.0 Å². The van der Waals surface area contributed by atoms with E-state index in [2.05, 4.69) is 5.32 Å². The summed E-state index contributed by atoms with van der Waals surface area (Å²) in [5, 5.41) is 3.19. The molecule has 0 saturated carbocycles. The van der Waals surface area contributed by atoms with E-state index >= 15 is 0 Å². The lowest BCUT2D eigenvalue weighted by Crippen LogP contribution is -2.34. The van der Waals surface area contributed by atoms with Gasteiger partial charge in [-0.25, -0.2) is 4.39 Å². The second kappa shape index (κ2) is 6.45. The maximum Gasteiger partial charge on any atom is 0.241 e. The number of hydrogen-bond acceptors (Lipinski definition) is 3. The lowest BCUT2D eigenvalue weighted by molar-refractivity contribution is -0.129. The van der Waals surface area contributed by atoms with Gasteiger partial charge in [-0.3, -0.25) is 14.3 Å². The van der Waals surface area contributed by atoms with Crippen molar-refractivity contribution in [3.63, 3.8) is 0 Å². The van der Waals surface area contributed by atoms with Crippen molar-refractivity contribution in [3.05, 3.63) is 35.6 Å². The number of halogens is 1. The fourth-order valence-electron chi connectivity index (χ4n) is 2.28. The summed E-state index contributed by atoms with van der Waals surface area (Å²) in [6.07, 6.45) is -0.271. The summed E-state index contributed by atoms with van der Waals surface area (Å²) < 4.78 is 24.5. The third kappa shape index (κ3) is 3.24. The molecule has 1 aliphatic heterocycles. The molecule has 0 radical (unpaired) electrons. The van der Waals surface area contributed by atoms with Gasteiger partial charge in [0.05, 0.1) is 6.04 Å². The molecule has 4 nitrogen and oxygen atoms in total. The van der Waals surface area contributed by atoms with Crippen molar-refractivity contribution < 1.29 is 13.4 Å². The Morgan fingerprint density at radius 3 is 2.60 bits per heavy atom. The van der Waals surface area contributed by atoms with Crippen LogP contribution in [0, 0.1) is 5.82 Å². The Kier molecular flexibility index (Phi) is 4.88. The molecule has 1 amide bonds. The Morgan fingerprint density at radius 1 is 1.35 bits per heavy atom. The van der Waals surface area contributed by atoms with E-state index in [1.54, 1.807) is 24.0 Å². The number of carbonyl (C=O) groups excluding carboxylic acids is 1. The molecule has 0 aliphatic carbocycles. The number of nitrogens with one attached hydrogen (secondary N) is 1. The second-order valence-electron chi connectivity index (χ2n) is 4.81. The average Bonchev–Trinajstić information content (AvgIpc) is 2.73. The van der Waals surface area contributed by atoms with E-state index in [4.69, 9.17) is 0 Å². The van der Waals surface area contributed by atoms with Crippen molar-refractivity contribution in [1.29, 1.82) is 0 Å². The van der Waals surface area contributed by atoms with Crippen LogP contribution in [0.1, 0.15) is 25.6 Å². The van der Waals surface area contributed by atoms with Gasteiger partial charge in [-0.05, 0) is 24.6 Å². The average molecular weight is 298 g/mol. The smallest absolute Gasteiger partial charge is 0.241 e. The summed E-state index contributed by atoms with van der Waals surface area (Å²) in [5.41, 5.74) is 0.839. The largest absolute Gasteiger partial charge is 0.321 e. The monoisotopic (exact) mass is 298 g/mol. The molecule has 110 valence electrons. The summed E-state index contributed by atoms with van der Waals surface area (Å²) in [6.45, 7) is 4.11. The molecule has 20 heavy (non-hydrogen) atoms. The van der Waals surface area contributed by atoms with Crippen LogP contribution < -0.4 is 5.32 Å². The van der Waals surface area contributed by atoms with Crippen LogP contribution in [0.15, 0.2) is 24.3 Å². The Morgan fingerprint density at radius 2 is 2.00 bits per heavy atom. The van der Waals surface area contributed by atoms with Gasteiger partial charge in [0.2, 0.25) is 5.91 Å².